The number of amides is 2. The van der Waals surface area contributed by atoms with Gasteiger partial charge in [0, 0.05) is 20.2 Å². The Balaban J connectivity index is 2.56. The monoisotopic (exact) mass is 278 g/mol. The highest BCUT2D eigenvalue weighted by atomic mass is 16.5. The predicted octanol–water partition coefficient (Wildman–Crippen LogP) is 1.32. The fourth-order valence-corrected chi connectivity index (χ4v) is 1.85. The maximum atomic E-state index is 11.6. The number of hydrogen-bond acceptors (Lipinski definition) is 3. The number of methoxy groups -OCH3 is 1. The second-order valence-corrected chi connectivity index (χ2v) is 4.55. The van der Waals surface area contributed by atoms with E-state index in [0.717, 1.165) is 17.5 Å². The van der Waals surface area contributed by atoms with E-state index < -0.39 is 11.8 Å². The lowest BCUT2D eigenvalue weighted by molar-refractivity contribution is -0.139. The lowest BCUT2D eigenvalue weighted by Crippen LogP contribution is -2.41. The second-order valence-electron chi connectivity index (χ2n) is 4.55. The summed E-state index contributed by atoms with van der Waals surface area (Å²) in [4.78, 5) is 23.0. The molecule has 1 rings (SSSR count). The molecular weight excluding hydrogens is 256 g/mol. The molecule has 20 heavy (non-hydrogen) atoms. The van der Waals surface area contributed by atoms with Crippen LogP contribution < -0.4 is 10.6 Å². The zero-order valence-corrected chi connectivity index (χ0v) is 12.2. The fourth-order valence-electron chi connectivity index (χ4n) is 1.85. The molecule has 0 heterocycles. The fraction of sp³-hybridized carbons (Fsp3) is 0.467. The topological polar surface area (TPSA) is 67.4 Å². The summed E-state index contributed by atoms with van der Waals surface area (Å²) in [7, 11) is 1.58. The number of benzene rings is 1. The van der Waals surface area contributed by atoms with Crippen LogP contribution in [0.1, 0.15) is 30.6 Å². The van der Waals surface area contributed by atoms with Gasteiger partial charge in [0.2, 0.25) is 0 Å². The third-order valence-corrected chi connectivity index (χ3v) is 3.01. The van der Waals surface area contributed by atoms with Crippen molar-refractivity contribution >= 4 is 11.8 Å². The van der Waals surface area contributed by atoms with Crippen molar-refractivity contribution in [2.24, 2.45) is 0 Å². The first kappa shape index (κ1) is 16.2. The minimum absolute atomic E-state index is 0.264. The van der Waals surface area contributed by atoms with Gasteiger partial charge in [0.15, 0.2) is 0 Å². The zero-order valence-electron chi connectivity index (χ0n) is 12.2. The quantitative estimate of drug-likeness (QED) is 0.771. The maximum Gasteiger partial charge on any atom is 0.309 e. The van der Waals surface area contributed by atoms with Crippen molar-refractivity contribution in [3.63, 3.8) is 0 Å². The predicted molar refractivity (Wildman–Crippen MR) is 77.2 cm³/mol. The first-order valence-electron chi connectivity index (χ1n) is 6.74. The lowest BCUT2D eigenvalue weighted by Gasteiger charge is -2.18. The van der Waals surface area contributed by atoms with Crippen LogP contribution >= 0.6 is 0 Å². The second kappa shape index (κ2) is 8.32. The molecule has 0 saturated heterocycles. The molecule has 0 radical (unpaired) electrons. The van der Waals surface area contributed by atoms with E-state index >= 15 is 0 Å². The van der Waals surface area contributed by atoms with Gasteiger partial charge in [-0.25, -0.2) is 0 Å². The van der Waals surface area contributed by atoms with Crippen LogP contribution in [0.3, 0.4) is 0 Å². The van der Waals surface area contributed by atoms with Gasteiger partial charge >= 0.3 is 11.8 Å². The van der Waals surface area contributed by atoms with Crippen LogP contribution in [-0.4, -0.2) is 32.0 Å². The van der Waals surface area contributed by atoms with Crippen LogP contribution in [-0.2, 0) is 14.3 Å². The largest absolute Gasteiger partial charge is 0.375 e. The van der Waals surface area contributed by atoms with Crippen molar-refractivity contribution < 1.29 is 14.3 Å². The van der Waals surface area contributed by atoms with E-state index in [1.807, 2.05) is 38.1 Å². The van der Waals surface area contributed by atoms with Crippen LogP contribution in [0.15, 0.2) is 24.3 Å². The number of aryl methyl sites for hydroxylation is 1. The van der Waals surface area contributed by atoms with Crippen molar-refractivity contribution in [3.05, 3.63) is 35.4 Å². The Morgan fingerprint density at radius 2 is 1.85 bits per heavy atom. The molecule has 0 aliphatic rings. The Labute approximate surface area is 119 Å². The van der Waals surface area contributed by atoms with Gasteiger partial charge in [0.25, 0.3) is 0 Å². The highest BCUT2D eigenvalue weighted by Gasteiger charge is 2.17. The summed E-state index contributed by atoms with van der Waals surface area (Å²) in [5.74, 6) is -1.24. The number of carbonyl (C=O) groups is 2. The molecular formula is C15H22N2O3. The number of rotatable bonds is 6. The molecule has 0 fully saturated rings. The van der Waals surface area contributed by atoms with E-state index in [1.54, 1.807) is 7.11 Å². The van der Waals surface area contributed by atoms with Gasteiger partial charge in [-0.1, -0.05) is 31.2 Å². The van der Waals surface area contributed by atoms with E-state index in [9.17, 15) is 9.59 Å². The molecule has 0 bridgehead atoms. The average Bonchev–Trinajstić information content (AvgIpc) is 2.46. The van der Waals surface area contributed by atoms with Gasteiger partial charge in [0.1, 0.15) is 0 Å². The molecule has 5 heteroatoms. The van der Waals surface area contributed by atoms with Gasteiger partial charge in [0.05, 0.1) is 6.10 Å². The molecule has 1 aromatic rings. The molecule has 2 N–H and O–H groups in total. The summed E-state index contributed by atoms with van der Waals surface area (Å²) in [6, 6.07) is 7.80. The highest BCUT2D eigenvalue weighted by Crippen LogP contribution is 2.19. The van der Waals surface area contributed by atoms with Crippen LogP contribution in [0.5, 0.6) is 0 Å². The van der Waals surface area contributed by atoms with Gasteiger partial charge in [-0.2, -0.15) is 0 Å². The summed E-state index contributed by atoms with van der Waals surface area (Å²) in [5, 5.41) is 5.13. The SMILES string of the molecule is CCCNC(=O)C(=O)NCC(OC)c1ccccc1C. The van der Waals surface area contributed by atoms with E-state index in [0.29, 0.717) is 6.54 Å². The summed E-state index contributed by atoms with van der Waals surface area (Å²) >= 11 is 0. The average molecular weight is 278 g/mol. The molecule has 2 amide bonds. The highest BCUT2D eigenvalue weighted by molar-refractivity contribution is 6.35. The molecule has 0 aliphatic heterocycles. The van der Waals surface area contributed by atoms with Gasteiger partial charge < -0.3 is 15.4 Å². The molecule has 1 aromatic carbocycles. The number of ether oxygens (including phenoxy) is 1. The Morgan fingerprint density at radius 1 is 1.20 bits per heavy atom. The maximum absolute atomic E-state index is 11.6. The van der Waals surface area contributed by atoms with Gasteiger partial charge in [-0.05, 0) is 24.5 Å². The zero-order chi connectivity index (χ0) is 15.0. The Bertz CT molecular complexity index is 460. The first-order chi connectivity index (χ1) is 9.60. The number of hydrogen-bond donors (Lipinski definition) is 2. The van der Waals surface area contributed by atoms with Crippen LogP contribution in [0, 0.1) is 6.92 Å². The summed E-state index contributed by atoms with van der Waals surface area (Å²) in [6.07, 6.45) is 0.530. The van der Waals surface area contributed by atoms with Crippen LogP contribution in [0.25, 0.3) is 0 Å². The van der Waals surface area contributed by atoms with Crippen molar-refractivity contribution in [2.75, 3.05) is 20.2 Å². The Kier molecular flexibility index (Phi) is 6.73. The summed E-state index contributed by atoms with van der Waals surface area (Å²) < 4.78 is 5.38. The minimum atomic E-state index is -0.630. The molecule has 0 saturated carbocycles. The molecule has 0 aromatic heterocycles. The van der Waals surface area contributed by atoms with Crippen molar-refractivity contribution in [3.8, 4) is 0 Å². The van der Waals surface area contributed by atoms with E-state index in [2.05, 4.69) is 10.6 Å². The summed E-state index contributed by atoms with van der Waals surface area (Å²) in [6.45, 7) is 4.67. The van der Waals surface area contributed by atoms with Crippen molar-refractivity contribution in [2.45, 2.75) is 26.4 Å². The Hall–Kier alpha value is -1.88. The third kappa shape index (κ3) is 4.66. The van der Waals surface area contributed by atoms with Gasteiger partial charge in [-0.15, -0.1) is 0 Å². The molecule has 1 atom stereocenters. The minimum Gasteiger partial charge on any atom is -0.375 e. The third-order valence-electron chi connectivity index (χ3n) is 3.01. The normalized spacial score (nSPS) is 11.8. The van der Waals surface area contributed by atoms with Crippen LogP contribution in [0.4, 0.5) is 0 Å². The van der Waals surface area contributed by atoms with E-state index in [4.69, 9.17) is 4.74 Å². The standard InChI is InChI=1S/C15H22N2O3/c1-4-9-16-14(18)15(19)17-10-13(20-3)12-8-6-5-7-11(12)2/h5-8,13H,4,9-10H2,1-3H3,(H,16,18)(H,17,19). The molecule has 1 unspecified atom stereocenters. The van der Waals surface area contributed by atoms with E-state index in [-0.39, 0.29) is 12.6 Å². The Morgan fingerprint density at radius 3 is 2.45 bits per heavy atom. The number of carbonyl (C=O) groups excluding carboxylic acids is 2. The van der Waals surface area contributed by atoms with Crippen molar-refractivity contribution in [1.29, 1.82) is 0 Å². The van der Waals surface area contributed by atoms with Crippen LogP contribution in [0.2, 0.25) is 0 Å². The first-order valence-corrected chi connectivity index (χ1v) is 6.74. The smallest absolute Gasteiger partial charge is 0.309 e. The van der Waals surface area contributed by atoms with Crippen molar-refractivity contribution in [1.82, 2.24) is 10.6 Å². The lowest BCUT2D eigenvalue weighted by atomic mass is 10.0. The molecule has 0 spiro atoms. The molecule has 0 aliphatic carbocycles. The van der Waals surface area contributed by atoms with E-state index in [1.165, 1.54) is 0 Å². The number of nitrogens with one attached hydrogen (secondary N) is 2. The molecule has 110 valence electrons. The van der Waals surface area contributed by atoms with Gasteiger partial charge in [-0.3, -0.25) is 9.59 Å². The summed E-state index contributed by atoms with van der Waals surface area (Å²) in [5.41, 5.74) is 2.09. The molecule has 5 nitrogen and oxygen atoms in total.